The van der Waals surface area contributed by atoms with Gasteiger partial charge in [-0.25, -0.2) is 9.97 Å². The van der Waals surface area contributed by atoms with Crippen LogP contribution in [0.2, 0.25) is 0 Å². The summed E-state index contributed by atoms with van der Waals surface area (Å²) in [5.74, 6) is 2.41. The zero-order valence-corrected chi connectivity index (χ0v) is 10.3. The summed E-state index contributed by atoms with van der Waals surface area (Å²) in [5, 5.41) is 0. The average molecular weight is 226 g/mol. The van der Waals surface area contributed by atoms with E-state index in [2.05, 4.69) is 28.0 Å². The number of nitrogen functional groups attached to an aromatic ring is 1. The highest BCUT2D eigenvalue weighted by Crippen LogP contribution is 2.19. The second kappa shape index (κ2) is 5.80. The smallest absolute Gasteiger partial charge is 0.171 e. The predicted molar refractivity (Wildman–Crippen MR) is 67.3 cm³/mol. The van der Waals surface area contributed by atoms with Crippen molar-refractivity contribution in [2.75, 3.05) is 29.7 Å². The predicted octanol–water partition coefficient (Wildman–Crippen LogP) is 1.64. The van der Waals surface area contributed by atoms with Crippen molar-refractivity contribution < 1.29 is 0 Å². The molecule has 1 atom stereocenters. The van der Waals surface area contributed by atoms with Gasteiger partial charge in [-0.15, -0.1) is 0 Å². The molecule has 0 aliphatic carbocycles. The van der Waals surface area contributed by atoms with Gasteiger partial charge in [0.25, 0.3) is 0 Å². The van der Waals surface area contributed by atoms with E-state index in [1.54, 1.807) is 12.4 Å². The van der Waals surface area contributed by atoms with E-state index in [1.165, 1.54) is 0 Å². The summed E-state index contributed by atoms with van der Waals surface area (Å²) >= 11 is 1.85. The number of anilines is 2. The summed E-state index contributed by atoms with van der Waals surface area (Å²) in [6.45, 7) is 2.17. The Morgan fingerprint density at radius 2 is 2.13 bits per heavy atom. The molecule has 0 aromatic carbocycles. The molecule has 0 amide bonds. The number of hydrogen-bond acceptors (Lipinski definition) is 5. The van der Waals surface area contributed by atoms with Crippen LogP contribution in [0, 0.1) is 0 Å². The molecule has 1 heterocycles. The maximum atomic E-state index is 5.77. The Morgan fingerprint density at radius 3 is 2.73 bits per heavy atom. The topological polar surface area (TPSA) is 55.0 Å². The van der Waals surface area contributed by atoms with Gasteiger partial charge >= 0.3 is 0 Å². The quantitative estimate of drug-likeness (QED) is 0.827. The molecular weight excluding hydrogens is 208 g/mol. The molecule has 0 saturated heterocycles. The first-order valence-electron chi connectivity index (χ1n) is 4.95. The number of aromatic nitrogens is 2. The molecule has 1 aromatic heterocycles. The lowest BCUT2D eigenvalue weighted by Gasteiger charge is -2.26. The minimum Gasteiger partial charge on any atom is -0.381 e. The first kappa shape index (κ1) is 12.1. The molecular formula is C10H18N4S. The summed E-state index contributed by atoms with van der Waals surface area (Å²) in [6.07, 6.45) is 6.51. The standard InChI is InChI=1S/C10H18N4S/c1-8(4-7-15-3)14(2)10-9(11)12-5-6-13-10/h5-6,8H,4,7H2,1-3H3,(H2,11,12). The maximum Gasteiger partial charge on any atom is 0.171 e. The summed E-state index contributed by atoms with van der Waals surface area (Å²) in [4.78, 5) is 10.4. The van der Waals surface area contributed by atoms with E-state index in [1.807, 2.05) is 18.8 Å². The second-order valence-corrected chi connectivity index (χ2v) is 4.49. The molecule has 4 nitrogen and oxygen atoms in total. The molecule has 0 aliphatic rings. The van der Waals surface area contributed by atoms with E-state index in [4.69, 9.17) is 5.73 Å². The molecule has 0 aliphatic heterocycles. The molecule has 0 bridgehead atoms. The van der Waals surface area contributed by atoms with Gasteiger partial charge in [0.15, 0.2) is 11.6 Å². The van der Waals surface area contributed by atoms with Gasteiger partial charge in [-0.05, 0) is 25.4 Å². The third-order valence-electron chi connectivity index (χ3n) is 2.44. The molecule has 2 N–H and O–H groups in total. The van der Waals surface area contributed by atoms with E-state index in [9.17, 15) is 0 Å². The van der Waals surface area contributed by atoms with Crippen LogP contribution in [0.1, 0.15) is 13.3 Å². The molecule has 1 rings (SSSR count). The van der Waals surface area contributed by atoms with E-state index in [-0.39, 0.29) is 0 Å². The summed E-state index contributed by atoms with van der Waals surface area (Å²) < 4.78 is 0. The molecule has 5 heteroatoms. The van der Waals surface area contributed by atoms with Crippen LogP contribution in [0.3, 0.4) is 0 Å². The van der Waals surface area contributed by atoms with E-state index >= 15 is 0 Å². The number of thioether (sulfide) groups is 1. The van der Waals surface area contributed by atoms with Crippen molar-refractivity contribution in [1.82, 2.24) is 9.97 Å². The normalized spacial score (nSPS) is 12.5. The minimum atomic E-state index is 0.427. The Kier molecular flexibility index (Phi) is 4.68. The van der Waals surface area contributed by atoms with Gasteiger partial charge in [0.2, 0.25) is 0 Å². The van der Waals surface area contributed by atoms with Crippen molar-refractivity contribution >= 4 is 23.4 Å². The number of rotatable bonds is 5. The van der Waals surface area contributed by atoms with Gasteiger partial charge in [-0.2, -0.15) is 11.8 Å². The van der Waals surface area contributed by atoms with Crippen LogP contribution in [0.25, 0.3) is 0 Å². The van der Waals surface area contributed by atoms with Crippen LogP contribution in [0.4, 0.5) is 11.6 Å². The van der Waals surface area contributed by atoms with Gasteiger partial charge < -0.3 is 10.6 Å². The average Bonchev–Trinajstić information content (AvgIpc) is 2.25. The maximum absolute atomic E-state index is 5.77. The lowest BCUT2D eigenvalue weighted by atomic mass is 10.2. The van der Waals surface area contributed by atoms with Gasteiger partial charge in [0, 0.05) is 25.5 Å². The Labute approximate surface area is 95.3 Å². The molecule has 1 aromatic rings. The Morgan fingerprint density at radius 1 is 1.47 bits per heavy atom. The summed E-state index contributed by atoms with van der Waals surface area (Å²) in [6, 6.07) is 0.427. The van der Waals surface area contributed by atoms with Crippen LogP contribution < -0.4 is 10.6 Å². The van der Waals surface area contributed by atoms with Gasteiger partial charge in [0.05, 0.1) is 0 Å². The van der Waals surface area contributed by atoms with Crippen molar-refractivity contribution in [3.63, 3.8) is 0 Å². The van der Waals surface area contributed by atoms with E-state index in [0.29, 0.717) is 11.9 Å². The number of hydrogen-bond donors (Lipinski definition) is 1. The highest BCUT2D eigenvalue weighted by molar-refractivity contribution is 7.98. The van der Waals surface area contributed by atoms with E-state index in [0.717, 1.165) is 18.0 Å². The number of nitrogens with two attached hydrogens (primary N) is 1. The fraction of sp³-hybridized carbons (Fsp3) is 0.600. The van der Waals surface area contributed by atoms with E-state index < -0.39 is 0 Å². The molecule has 0 spiro atoms. The Hall–Kier alpha value is -0.970. The zero-order chi connectivity index (χ0) is 11.3. The fourth-order valence-corrected chi connectivity index (χ4v) is 1.88. The SMILES string of the molecule is CSCCC(C)N(C)c1nccnc1N. The van der Waals surface area contributed by atoms with Gasteiger partial charge in [-0.1, -0.05) is 0 Å². The van der Waals surface area contributed by atoms with Crippen molar-refractivity contribution in [2.24, 2.45) is 0 Å². The van der Waals surface area contributed by atoms with Crippen LogP contribution in [0.5, 0.6) is 0 Å². The molecule has 1 unspecified atom stereocenters. The van der Waals surface area contributed by atoms with Crippen molar-refractivity contribution in [1.29, 1.82) is 0 Å². The highest BCUT2D eigenvalue weighted by atomic mass is 32.2. The highest BCUT2D eigenvalue weighted by Gasteiger charge is 2.13. The lowest BCUT2D eigenvalue weighted by Crippen LogP contribution is -2.30. The third-order valence-corrected chi connectivity index (χ3v) is 3.09. The summed E-state index contributed by atoms with van der Waals surface area (Å²) in [7, 11) is 2.01. The minimum absolute atomic E-state index is 0.427. The first-order chi connectivity index (χ1) is 7.16. The van der Waals surface area contributed by atoms with Crippen molar-refractivity contribution in [2.45, 2.75) is 19.4 Å². The first-order valence-corrected chi connectivity index (χ1v) is 6.34. The van der Waals surface area contributed by atoms with Crippen LogP contribution in [0.15, 0.2) is 12.4 Å². The van der Waals surface area contributed by atoms with Gasteiger partial charge in [-0.3, -0.25) is 0 Å². The Bertz CT molecular complexity index is 305. The largest absolute Gasteiger partial charge is 0.381 e. The molecule has 0 radical (unpaired) electrons. The van der Waals surface area contributed by atoms with Crippen LogP contribution in [-0.2, 0) is 0 Å². The second-order valence-electron chi connectivity index (χ2n) is 3.51. The molecule has 0 saturated carbocycles. The van der Waals surface area contributed by atoms with Crippen molar-refractivity contribution in [3.8, 4) is 0 Å². The van der Waals surface area contributed by atoms with Crippen LogP contribution in [-0.4, -0.2) is 35.1 Å². The van der Waals surface area contributed by atoms with Gasteiger partial charge in [0.1, 0.15) is 0 Å². The third kappa shape index (κ3) is 3.27. The molecule has 0 fully saturated rings. The van der Waals surface area contributed by atoms with Crippen molar-refractivity contribution in [3.05, 3.63) is 12.4 Å². The Balaban J connectivity index is 2.67. The number of nitrogens with zero attached hydrogens (tertiary/aromatic N) is 3. The molecule has 84 valence electrons. The van der Waals surface area contributed by atoms with Crippen LogP contribution >= 0.6 is 11.8 Å². The molecule has 15 heavy (non-hydrogen) atoms. The lowest BCUT2D eigenvalue weighted by molar-refractivity contribution is 0.662. The fourth-order valence-electron chi connectivity index (χ4n) is 1.30. The summed E-state index contributed by atoms with van der Waals surface area (Å²) in [5.41, 5.74) is 5.77. The zero-order valence-electron chi connectivity index (χ0n) is 9.47. The monoisotopic (exact) mass is 226 g/mol.